The van der Waals surface area contributed by atoms with Gasteiger partial charge in [0.25, 0.3) is 0 Å². The summed E-state index contributed by atoms with van der Waals surface area (Å²) in [6, 6.07) is 5.18. The molecule has 3 atom stereocenters. The number of aliphatic hydroxyl groups is 1. The van der Waals surface area contributed by atoms with Crippen molar-refractivity contribution in [2.75, 3.05) is 26.9 Å². The molecule has 1 aromatic carbocycles. The average Bonchev–Trinajstić information content (AvgIpc) is 2.95. The molecule has 0 radical (unpaired) electrons. The molecule has 24 heavy (non-hydrogen) atoms. The van der Waals surface area contributed by atoms with Gasteiger partial charge in [0.05, 0.1) is 29.9 Å². The van der Waals surface area contributed by atoms with Gasteiger partial charge in [-0.2, -0.15) is 0 Å². The summed E-state index contributed by atoms with van der Waals surface area (Å²) >= 11 is 5.91. The second kappa shape index (κ2) is 7.67. The lowest BCUT2D eigenvalue weighted by atomic mass is 9.79. The smallest absolute Gasteiger partial charge is 0.141 e. The molecular weight excluding hydrogens is 333 g/mol. The number of hydrogen-bond acceptors (Lipinski definition) is 4. The predicted molar refractivity (Wildman–Crippen MR) is 90.6 cm³/mol. The summed E-state index contributed by atoms with van der Waals surface area (Å²) in [7, 11) is 1.79. The van der Waals surface area contributed by atoms with Crippen molar-refractivity contribution in [3.05, 3.63) is 34.6 Å². The van der Waals surface area contributed by atoms with Gasteiger partial charge < -0.3 is 14.6 Å². The van der Waals surface area contributed by atoms with E-state index in [-0.39, 0.29) is 35.2 Å². The Kier molecular flexibility index (Phi) is 5.78. The lowest BCUT2D eigenvalue weighted by molar-refractivity contribution is -0.104. The van der Waals surface area contributed by atoms with Crippen molar-refractivity contribution < 1.29 is 19.0 Å². The van der Waals surface area contributed by atoms with Gasteiger partial charge in [-0.15, -0.1) is 0 Å². The molecule has 2 aliphatic rings. The van der Waals surface area contributed by atoms with E-state index in [1.165, 1.54) is 6.07 Å². The summed E-state index contributed by atoms with van der Waals surface area (Å²) in [5.41, 5.74) is 0.884. The van der Waals surface area contributed by atoms with E-state index in [0.29, 0.717) is 6.61 Å². The highest BCUT2D eigenvalue weighted by atomic mass is 35.5. The molecule has 6 heteroatoms. The Morgan fingerprint density at radius 1 is 1.42 bits per heavy atom. The van der Waals surface area contributed by atoms with Gasteiger partial charge in [0.15, 0.2) is 0 Å². The largest absolute Gasteiger partial charge is 0.394 e. The fourth-order valence-electron chi connectivity index (χ4n) is 4.19. The molecule has 1 heterocycles. The first kappa shape index (κ1) is 18.1. The molecule has 1 saturated carbocycles. The molecule has 3 rings (SSSR count). The molecule has 1 aliphatic carbocycles. The van der Waals surface area contributed by atoms with Crippen LogP contribution in [0.1, 0.15) is 31.2 Å². The van der Waals surface area contributed by atoms with Crippen LogP contribution in [0.3, 0.4) is 0 Å². The van der Waals surface area contributed by atoms with Gasteiger partial charge >= 0.3 is 0 Å². The van der Waals surface area contributed by atoms with Crippen molar-refractivity contribution in [2.24, 2.45) is 0 Å². The average molecular weight is 358 g/mol. The van der Waals surface area contributed by atoms with Gasteiger partial charge in [-0.1, -0.05) is 17.7 Å². The van der Waals surface area contributed by atoms with Crippen LogP contribution in [0.2, 0.25) is 5.02 Å². The van der Waals surface area contributed by atoms with Gasteiger partial charge in [0, 0.05) is 26.2 Å². The number of ether oxygens (including phenoxy) is 2. The van der Waals surface area contributed by atoms with E-state index in [2.05, 4.69) is 4.90 Å². The van der Waals surface area contributed by atoms with Crippen molar-refractivity contribution in [3.63, 3.8) is 0 Å². The maximum Gasteiger partial charge on any atom is 0.141 e. The monoisotopic (exact) mass is 357 g/mol. The molecule has 1 aliphatic heterocycles. The minimum atomic E-state index is -0.386. The molecule has 1 saturated heterocycles. The summed E-state index contributed by atoms with van der Waals surface area (Å²) in [6.07, 6.45) is 3.96. The van der Waals surface area contributed by atoms with E-state index in [4.69, 9.17) is 26.2 Å². The molecule has 134 valence electrons. The van der Waals surface area contributed by atoms with Crippen LogP contribution in [0.15, 0.2) is 18.2 Å². The third-order valence-electron chi connectivity index (χ3n) is 5.47. The Morgan fingerprint density at radius 3 is 2.96 bits per heavy atom. The molecule has 0 amide bonds. The van der Waals surface area contributed by atoms with Gasteiger partial charge in [0.1, 0.15) is 5.82 Å². The summed E-state index contributed by atoms with van der Waals surface area (Å²) in [4.78, 5) is 2.39. The third-order valence-corrected chi connectivity index (χ3v) is 5.76. The highest BCUT2D eigenvalue weighted by molar-refractivity contribution is 6.30. The zero-order chi connectivity index (χ0) is 17.2. The van der Waals surface area contributed by atoms with E-state index in [9.17, 15) is 4.39 Å². The maximum atomic E-state index is 13.4. The number of halogens is 2. The Labute approximate surface area is 147 Å². The Morgan fingerprint density at radius 2 is 2.25 bits per heavy atom. The topological polar surface area (TPSA) is 41.9 Å². The van der Waals surface area contributed by atoms with Crippen molar-refractivity contribution in [1.82, 2.24) is 4.90 Å². The van der Waals surface area contributed by atoms with Crippen molar-refractivity contribution in [3.8, 4) is 0 Å². The fourth-order valence-corrected chi connectivity index (χ4v) is 4.39. The van der Waals surface area contributed by atoms with Crippen LogP contribution >= 0.6 is 11.6 Å². The minimum Gasteiger partial charge on any atom is -0.394 e. The number of likely N-dealkylation sites (tertiary alicyclic amines) is 1. The van der Waals surface area contributed by atoms with Crippen molar-refractivity contribution >= 4 is 11.6 Å². The number of rotatable bonds is 6. The molecule has 0 spiro atoms. The number of hydrogen-bond donors (Lipinski definition) is 1. The molecule has 0 bridgehead atoms. The van der Waals surface area contributed by atoms with Crippen LogP contribution in [-0.2, 0) is 16.0 Å². The van der Waals surface area contributed by atoms with E-state index < -0.39 is 0 Å². The van der Waals surface area contributed by atoms with Gasteiger partial charge in [0.2, 0.25) is 0 Å². The van der Waals surface area contributed by atoms with E-state index in [0.717, 1.165) is 44.3 Å². The molecule has 0 unspecified atom stereocenters. The summed E-state index contributed by atoms with van der Waals surface area (Å²) < 4.78 is 25.1. The van der Waals surface area contributed by atoms with Crippen LogP contribution in [0.5, 0.6) is 0 Å². The van der Waals surface area contributed by atoms with E-state index >= 15 is 0 Å². The second-order valence-corrected chi connectivity index (χ2v) is 7.15. The second-order valence-electron chi connectivity index (χ2n) is 6.74. The highest BCUT2D eigenvalue weighted by Gasteiger charge is 2.51. The SMILES string of the molecule is CO[C@@]12CC[C@H](OCCO)C[C@@H]1N(Cc1ccc(F)c(Cl)c1)CC2. The zero-order valence-electron chi connectivity index (χ0n) is 14.0. The van der Waals surface area contributed by atoms with Gasteiger partial charge in [-0.05, 0) is 43.4 Å². The molecular formula is C18H25ClFNO3. The maximum absolute atomic E-state index is 13.4. The first-order valence-corrected chi connectivity index (χ1v) is 8.91. The molecule has 2 fully saturated rings. The Hall–Kier alpha value is -0.720. The quantitative estimate of drug-likeness (QED) is 0.849. The summed E-state index contributed by atoms with van der Waals surface area (Å²) in [5.74, 6) is -0.386. The lowest BCUT2D eigenvalue weighted by Crippen LogP contribution is -2.51. The normalized spacial score (nSPS) is 30.5. The van der Waals surface area contributed by atoms with Crippen LogP contribution in [0, 0.1) is 5.82 Å². The number of methoxy groups -OCH3 is 1. The van der Waals surface area contributed by atoms with E-state index in [1.54, 1.807) is 19.2 Å². The van der Waals surface area contributed by atoms with Crippen LogP contribution < -0.4 is 0 Å². The third kappa shape index (κ3) is 3.60. The number of nitrogens with zero attached hydrogens (tertiary/aromatic N) is 1. The van der Waals surface area contributed by atoms with Crippen molar-refractivity contribution in [2.45, 2.75) is 50.0 Å². The highest BCUT2D eigenvalue weighted by Crippen LogP contribution is 2.43. The number of benzene rings is 1. The fraction of sp³-hybridized carbons (Fsp3) is 0.667. The molecule has 4 nitrogen and oxygen atoms in total. The zero-order valence-corrected chi connectivity index (χ0v) is 14.8. The Bertz CT molecular complexity index is 573. The Balaban J connectivity index is 1.72. The van der Waals surface area contributed by atoms with Gasteiger partial charge in [-0.25, -0.2) is 4.39 Å². The van der Waals surface area contributed by atoms with Crippen molar-refractivity contribution in [1.29, 1.82) is 0 Å². The van der Waals surface area contributed by atoms with Crippen LogP contribution in [0.4, 0.5) is 4.39 Å². The lowest BCUT2D eigenvalue weighted by Gasteiger charge is -2.43. The molecule has 1 N–H and O–H groups in total. The number of fused-ring (bicyclic) bond motifs is 1. The van der Waals surface area contributed by atoms with Crippen LogP contribution in [-0.4, -0.2) is 54.6 Å². The minimum absolute atomic E-state index is 0.0500. The first-order chi connectivity index (χ1) is 11.6. The predicted octanol–water partition coefficient (Wildman–Crippen LogP) is 3.00. The number of aliphatic hydroxyl groups excluding tert-OH is 1. The summed E-state index contributed by atoms with van der Waals surface area (Å²) in [6.45, 7) is 2.10. The first-order valence-electron chi connectivity index (χ1n) is 8.53. The summed E-state index contributed by atoms with van der Waals surface area (Å²) in [5, 5.41) is 9.14. The molecule has 1 aromatic rings. The standard InChI is InChI=1S/C18H25ClFNO3/c1-23-18-5-4-14(24-9-8-22)11-17(18)21(7-6-18)12-13-2-3-16(20)15(19)10-13/h2-3,10,14,17,22H,4-9,11-12H2,1H3/t14-,17-,18+/m0/s1. The molecule has 0 aromatic heterocycles. The van der Waals surface area contributed by atoms with Gasteiger partial charge in [-0.3, -0.25) is 4.90 Å². The van der Waals surface area contributed by atoms with Crippen LogP contribution in [0.25, 0.3) is 0 Å². The van der Waals surface area contributed by atoms with E-state index in [1.807, 2.05) is 0 Å².